The van der Waals surface area contributed by atoms with Crippen molar-refractivity contribution in [1.29, 1.82) is 0 Å². The summed E-state index contributed by atoms with van der Waals surface area (Å²) >= 11 is 8.55. The zero-order chi connectivity index (χ0) is 10.9. The van der Waals surface area contributed by atoms with E-state index in [-0.39, 0.29) is 10.6 Å². The summed E-state index contributed by atoms with van der Waals surface area (Å²) in [6, 6.07) is 2.10. The van der Waals surface area contributed by atoms with Gasteiger partial charge in [-0.1, -0.05) is 27.5 Å². The van der Waals surface area contributed by atoms with Gasteiger partial charge in [0.05, 0.1) is 0 Å². The molecule has 0 heterocycles. The number of hydrogen-bond donors (Lipinski definition) is 1. The Bertz CT molecular complexity index is 340. The van der Waals surface area contributed by atoms with E-state index in [1.807, 2.05) is 0 Å². The van der Waals surface area contributed by atoms with Gasteiger partial charge in [-0.3, -0.25) is 0 Å². The lowest BCUT2D eigenvalue weighted by molar-refractivity contribution is -0.149. The van der Waals surface area contributed by atoms with Gasteiger partial charge in [-0.25, -0.2) is 0 Å². The zero-order valence-electron chi connectivity index (χ0n) is 6.78. The van der Waals surface area contributed by atoms with Crippen LogP contribution in [-0.2, 0) is 0 Å². The van der Waals surface area contributed by atoms with Crippen molar-refractivity contribution in [2.45, 2.75) is 12.2 Å². The van der Waals surface area contributed by atoms with Crippen LogP contribution in [0, 0.1) is 0 Å². The van der Waals surface area contributed by atoms with Gasteiger partial charge < -0.3 is 5.73 Å². The monoisotopic (exact) mass is 287 g/mol. The van der Waals surface area contributed by atoms with Gasteiger partial charge >= 0.3 is 6.18 Å². The third-order valence-corrected chi connectivity index (χ3v) is 2.60. The minimum Gasteiger partial charge on any atom is -0.316 e. The first-order valence-electron chi connectivity index (χ1n) is 3.59. The smallest absolute Gasteiger partial charge is 0.316 e. The molecule has 2 N–H and O–H groups in total. The molecule has 0 aliphatic carbocycles. The molecule has 1 aromatic carbocycles. The fourth-order valence-electron chi connectivity index (χ4n) is 0.929. The van der Waals surface area contributed by atoms with E-state index < -0.39 is 12.2 Å². The lowest BCUT2D eigenvalue weighted by atomic mass is 10.1. The van der Waals surface area contributed by atoms with Gasteiger partial charge in [-0.15, -0.1) is 0 Å². The second-order valence-electron chi connectivity index (χ2n) is 2.69. The molecule has 0 fully saturated rings. The van der Waals surface area contributed by atoms with Crippen LogP contribution >= 0.6 is 27.5 Å². The van der Waals surface area contributed by atoms with Crippen LogP contribution < -0.4 is 5.73 Å². The summed E-state index contributed by atoms with van der Waals surface area (Å²) in [7, 11) is 0. The lowest BCUT2D eigenvalue weighted by Crippen LogP contribution is -2.28. The second-order valence-corrected chi connectivity index (χ2v) is 3.98. The Morgan fingerprint density at radius 1 is 1.36 bits per heavy atom. The number of rotatable bonds is 1. The van der Waals surface area contributed by atoms with Crippen LogP contribution in [0.4, 0.5) is 13.2 Å². The fraction of sp³-hybridized carbons (Fsp3) is 0.250. The molecule has 14 heavy (non-hydrogen) atoms. The van der Waals surface area contributed by atoms with Crippen molar-refractivity contribution in [2.24, 2.45) is 5.73 Å². The second kappa shape index (κ2) is 4.08. The highest BCUT2D eigenvalue weighted by Gasteiger charge is 2.38. The average Bonchev–Trinajstić information content (AvgIpc) is 2.06. The molecule has 0 aliphatic heterocycles. The van der Waals surface area contributed by atoms with Gasteiger partial charge in [0.15, 0.2) is 0 Å². The van der Waals surface area contributed by atoms with Crippen molar-refractivity contribution >= 4 is 27.5 Å². The molecular weight excluding hydrogens is 282 g/mol. The molecular formula is C8H6BrClF3N. The summed E-state index contributed by atoms with van der Waals surface area (Å²) in [5.74, 6) is 0. The maximum atomic E-state index is 12.3. The average molecular weight is 288 g/mol. The van der Waals surface area contributed by atoms with E-state index in [9.17, 15) is 13.2 Å². The van der Waals surface area contributed by atoms with E-state index in [1.54, 1.807) is 0 Å². The van der Waals surface area contributed by atoms with Crippen molar-refractivity contribution in [3.8, 4) is 0 Å². The van der Waals surface area contributed by atoms with E-state index in [0.717, 1.165) is 0 Å². The largest absolute Gasteiger partial charge is 0.407 e. The molecule has 0 radical (unpaired) electrons. The first-order valence-corrected chi connectivity index (χ1v) is 4.76. The Morgan fingerprint density at radius 3 is 2.43 bits per heavy atom. The van der Waals surface area contributed by atoms with Crippen LogP contribution in [-0.4, -0.2) is 6.18 Å². The Balaban J connectivity index is 3.12. The van der Waals surface area contributed by atoms with Gasteiger partial charge in [0, 0.05) is 9.50 Å². The summed E-state index contributed by atoms with van der Waals surface area (Å²) in [6.07, 6.45) is -4.47. The molecule has 1 aromatic rings. The number of halogens is 5. The quantitative estimate of drug-likeness (QED) is 0.838. The zero-order valence-corrected chi connectivity index (χ0v) is 9.12. The molecule has 0 aromatic heterocycles. The number of nitrogens with two attached hydrogens (primary N) is 1. The van der Waals surface area contributed by atoms with Gasteiger partial charge in [-0.2, -0.15) is 13.2 Å². The third-order valence-electron chi connectivity index (χ3n) is 1.65. The SMILES string of the molecule is NC(c1cc(Cl)ccc1Br)C(F)(F)F. The maximum Gasteiger partial charge on any atom is 0.407 e. The highest BCUT2D eigenvalue weighted by molar-refractivity contribution is 9.10. The maximum absolute atomic E-state index is 12.3. The predicted molar refractivity (Wildman–Crippen MR) is 52.1 cm³/mol. The van der Waals surface area contributed by atoms with E-state index in [1.165, 1.54) is 18.2 Å². The molecule has 1 unspecified atom stereocenters. The van der Waals surface area contributed by atoms with Crippen LogP contribution in [0.3, 0.4) is 0 Å². The van der Waals surface area contributed by atoms with E-state index in [2.05, 4.69) is 15.9 Å². The van der Waals surface area contributed by atoms with Crippen LogP contribution in [0.5, 0.6) is 0 Å². The Labute approximate surface area is 92.2 Å². The van der Waals surface area contributed by atoms with Gasteiger partial charge in [-0.05, 0) is 23.8 Å². The molecule has 1 rings (SSSR count). The molecule has 0 saturated heterocycles. The fourth-order valence-corrected chi connectivity index (χ4v) is 1.60. The van der Waals surface area contributed by atoms with Gasteiger partial charge in [0.2, 0.25) is 0 Å². The summed E-state index contributed by atoms with van der Waals surface area (Å²) < 4.78 is 37.1. The van der Waals surface area contributed by atoms with Crippen LogP contribution in [0.1, 0.15) is 11.6 Å². The molecule has 0 bridgehead atoms. The summed E-state index contributed by atoms with van der Waals surface area (Å²) in [4.78, 5) is 0. The topological polar surface area (TPSA) is 26.0 Å². The Hall–Kier alpha value is -0.260. The minimum atomic E-state index is -4.47. The molecule has 0 saturated carbocycles. The molecule has 0 spiro atoms. The minimum absolute atomic E-state index is 0.0648. The van der Waals surface area contributed by atoms with Crippen LogP contribution in [0.25, 0.3) is 0 Å². The van der Waals surface area contributed by atoms with Gasteiger partial charge in [0.25, 0.3) is 0 Å². The first kappa shape index (κ1) is 11.8. The summed E-state index contributed by atoms with van der Waals surface area (Å²) in [5, 5.41) is 0.225. The highest BCUT2D eigenvalue weighted by atomic mass is 79.9. The standard InChI is InChI=1S/C8H6BrClF3N/c9-6-2-1-4(10)3-5(6)7(14)8(11,12)13/h1-3,7H,14H2. The van der Waals surface area contributed by atoms with Crippen LogP contribution in [0.2, 0.25) is 5.02 Å². The number of alkyl halides is 3. The highest BCUT2D eigenvalue weighted by Crippen LogP contribution is 2.35. The molecule has 1 atom stereocenters. The molecule has 0 aliphatic rings. The lowest BCUT2D eigenvalue weighted by Gasteiger charge is -2.17. The first-order chi connectivity index (χ1) is 6.32. The van der Waals surface area contributed by atoms with Crippen molar-refractivity contribution in [3.63, 3.8) is 0 Å². The number of benzene rings is 1. The normalized spacial score (nSPS) is 14.1. The van der Waals surface area contributed by atoms with Crippen molar-refractivity contribution in [2.75, 3.05) is 0 Å². The predicted octanol–water partition coefficient (Wildman–Crippen LogP) is 3.66. The van der Waals surface area contributed by atoms with E-state index in [0.29, 0.717) is 4.47 Å². The summed E-state index contributed by atoms with van der Waals surface area (Å²) in [6.45, 7) is 0. The molecule has 78 valence electrons. The molecule has 0 amide bonds. The van der Waals surface area contributed by atoms with Crippen LogP contribution in [0.15, 0.2) is 22.7 Å². The van der Waals surface area contributed by atoms with E-state index >= 15 is 0 Å². The van der Waals surface area contributed by atoms with Crippen molar-refractivity contribution in [1.82, 2.24) is 0 Å². The molecule has 6 heteroatoms. The number of hydrogen-bond acceptors (Lipinski definition) is 1. The van der Waals surface area contributed by atoms with Crippen molar-refractivity contribution < 1.29 is 13.2 Å². The molecule has 1 nitrogen and oxygen atoms in total. The van der Waals surface area contributed by atoms with Gasteiger partial charge in [0.1, 0.15) is 6.04 Å². The van der Waals surface area contributed by atoms with Crippen molar-refractivity contribution in [3.05, 3.63) is 33.3 Å². The summed E-state index contributed by atoms with van der Waals surface area (Å²) in [5.41, 5.74) is 4.96. The third kappa shape index (κ3) is 2.62. The Morgan fingerprint density at radius 2 is 1.93 bits per heavy atom. The Kier molecular flexibility index (Phi) is 3.44. The van der Waals surface area contributed by atoms with E-state index in [4.69, 9.17) is 17.3 Å².